The summed E-state index contributed by atoms with van der Waals surface area (Å²) >= 11 is 0. The van der Waals surface area contributed by atoms with Crippen LogP contribution in [0.5, 0.6) is 0 Å². The van der Waals surface area contributed by atoms with E-state index in [-0.39, 0.29) is 5.82 Å². The highest BCUT2D eigenvalue weighted by molar-refractivity contribution is 5.60. The molecule has 1 fully saturated rings. The van der Waals surface area contributed by atoms with E-state index in [0.717, 1.165) is 42.4 Å². The lowest BCUT2D eigenvalue weighted by atomic mass is 9.74. The van der Waals surface area contributed by atoms with E-state index in [2.05, 4.69) is 31.0 Å². The molecule has 3 rings (SSSR count). The van der Waals surface area contributed by atoms with Gasteiger partial charge in [-0.1, -0.05) is 77.3 Å². The van der Waals surface area contributed by atoms with Gasteiger partial charge in [-0.25, -0.2) is 4.39 Å². The van der Waals surface area contributed by atoms with Crippen molar-refractivity contribution in [2.24, 2.45) is 11.8 Å². The fraction of sp³-hybridized carbons (Fsp3) is 0.577. The second kappa shape index (κ2) is 10.7. The predicted octanol–water partition coefficient (Wildman–Crippen LogP) is 7.77. The Morgan fingerprint density at radius 1 is 0.893 bits per heavy atom. The van der Waals surface area contributed by atoms with Gasteiger partial charge in [0.05, 0.1) is 5.69 Å². The SMILES string of the molecule is CCCC[C@@H]1CCCC[C@H]1CCc1ccc(-c2ccc(CCC)cn2)c(F)c1. The number of halogens is 1. The van der Waals surface area contributed by atoms with Gasteiger partial charge in [-0.3, -0.25) is 4.98 Å². The Bertz CT molecular complexity index is 722. The molecule has 0 aliphatic heterocycles. The third-order valence-electron chi connectivity index (χ3n) is 6.47. The molecule has 0 spiro atoms. The van der Waals surface area contributed by atoms with Crippen molar-refractivity contribution in [3.05, 3.63) is 53.5 Å². The summed E-state index contributed by atoms with van der Waals surface area (Å²) in [6.45, 7) is 4.44. The van der Waals surface area contributed by atoms with Gasteiger partial charge in [-0.05, 0) is 60.4 Å². The first-order valence-corrected chi connectivity index (χ1v) is 11.4. The topological polar surface area (TPSA) is 12.9 Å². The van der Waals surface area contributed by atoms with Crippen molar-refractivity contribution < 1.29 is 4.39 Å². The highest BCUT2D eigenvalue weighted by Gasteiger charge is 2.24. The summed E-state index contributed by atoms with van der Waals surface area (Å²) in [6, 6.07) is 9.77. The second-order valence-electron chi connectivity index (χ2n) is 8.60. The molecule has 1 nitrogen and oxygen atoms in total. The summed E-state index contributed by atoms with van der Waals surface area (Å²) in [5.74, 6) is 1.58. The van der Waals surface area contributed by atoms with Crippen molar-refractivity contribution in [2.45, 2.75) is 84.5 Å². The zero-order valence-corrected chi connectivity index (χ0v) is 17.7. The number of aryl methyl sites for hydroxylation is 2. The monoisotopic (exact) mass is 381 g/mol. The van der Waals surface area contributed by atoms with Gasteiger partial charge >= 0.3 is 0 Å². The van der Waals surface area contributed by atoms with Crippen molar-refractivity contribution in [1.82, 2.24) is 4.98 Å². The van der Waals surface area contributed by atoms with Crippen LogP contribution in [0.2, 0.25) is 0 Å². The molecule has 1 heterocycles. The summed E-state index contributed by atoms with van der Waals surface area (Å²) in [7, 11) is 0. The van der Waals surface area contributed by atoms with Crippen LogP contribution in [0.4, 0.5) is 4.39 Å². The molecular formula is C26H36FN. The molecule has 1 aliphatic rings. The molecule has 1 aromatic carbocycles. The smallest absolute Gasteiger partial charge is 0.132 e. The molecule has 0 amide bonds. The number of hydrogen-bond acceptors (Lipinski definition) is 1. The Morgan fingerprint density at radius 3 is 2.29 bits per heavy atom. The van der Waals surface area contributed by atoms with Gasteiger partial charge in [0.2, 0.25) is 0 Å². The quantitative estimate of drug-likeness (QED) is 0.432. The zero-order chi connectivity index (χ0) is 19.8. The molecule has 1 aromatic heterocycles. The van der Waals surface area contributed by atoms with Crippen molar-refractivity contribution in [2.75, 3.05) is 0 Å². The molecule has 2 heteroatoms. The molecular weight excluding hydrogens is 345 g/mol. The lowest BCUT2D eigenvalue weighted by Crippen LogP contribution is -2.20. The molecule has 2 aromatic rings. The Balaban J connectivity index is 1.62. The number of hydrogen-bond donors (Lipinski definition) is 0. The first-order chi connectivity index (χ1) is 13.7. The molecule has 0 N–H and O–H groups in total. The van der Waals surface area contributed by atoms with E-state index in [0.29, 0.717) is 5.56 Å². The average molecular weight is 382 g/mol. The number of benzene rings is 1. The van der Waals surface area contributed by atoms with Gasteiger partial charge in [0.25, 0.3) is 0 Å². The number of nitrogens with zero attached hydrogens (tertiary/aromatic N) is 1. The van der Waals surface area contributed by atoms with Gasteiger partial charge in [-0.2, -0.15) is 0 Å². The Kier molecular flexibility index (Phi) is 8.06. The van der Waals surface area contributed by atoms with E-state index in [1.165, 1.54) is 56.9 Å². The molecule has 0 unspecified atom stereocenters. The van der Waals surface area contributed by atoms with E-state index in [4.69, 9.17) is 0 Å². The second-order valence-corrected chi connectivity index (χ2v) is 8.60. The maximum atomic E-state index is 14.8. The van der Waals surface area contributed by atoms with Crippen molar-refractivity contribution in [3.8, 4) is 11.3 Å². The number of rotatable bonds is 9. The number of aromatic nitrogens is 1. The molecule has 1 saturated carbocycles. The minimum absolute atomic E-state index is 0.139. The summed E-state index contributed by atoms with van der Waals surface area (Å²) in [6.07, 6.45) is 15.8. The minimum Gasteiger partial charge on any atom is -0.256 e. The number of unbranched alkanes of at least 4 members (excludes halogenated alkanes) is 1. The summed E-state index contributed by atoms with van der Waals surface area (Å²) < 4.78 is 14.8. The molecule has 1 aliphatic carbocycles. The highest BCUT2D eigenvalue weighted by Crippen LogP contribution is 2.36. The van der Waals surface area contributed by atoms with E-state index in [1.807, 2.05) is 18.3 Å². The van der Waals surface area contributed by atoms with Crippen LogP contribution in [-0.2, 0) is 12.8 Å². The van der Waals surface area contributed by atoms with Crippen LogP contribution >= 0.6 is 0 Å². The van der Waals surface area contributed by atoms with Crippen LogP contribution in [-0.4, -0.2) is 4.98 Å². The zero-order valence-electron chi connectivity index (χ0n) is 17.7. The molecule has 152 valence electrons. The van der Waals surface area contributed by atoms with Gasteiger partial charge < -0.3 is 0 Å². The molecule has 2 atom stereocenters. The lowest BCUT2D eigenvalue weighted by Gasteiger charge is -2.31. The fourth-order valence-electron chi connectivity index (χ4n) is 4.81. The van der Waals surface area contributed by atoms with E-state index in [1.54, 1.807) is 6.07 Å². The highest BCUT2D eigenvalue weighted by atomic mass is 19.1. The summed E-state index contributed by atoms with van der Waals surface area (Å²) in [5.41, 5.74) is 3.69. The predicted molar refractivity (Wildman–Crippen MR) is 117 cm³/mol. The van der Waals surface area contributed by atoms with Gasteiger partial charge in [0.1, 0.15) is 5.82 Å². The van der Waals surface area contributed by atoms with Crippen LogP contribution in [0.25, 0.3) is 11.3 Å². The van der Waals surface area contributed by atoms with Gasteiger partial charge in [-0.15, -0.1) is 0 Å². The number of pyridine rings is 1. The molecule has 0 bridgehead atoms. The van der Waals surface area contributed by atoms with Gasteiger partial charge in [0, 0.05) is 11.8 Å². The Labute approximate surface area is 170 Å². The average Bonchev–Trinajstić information content (AvgIpc) is 2.72. The largest absolute Gasteiger partial charge is 0.256 e. The minimum atomic E-state index is -0.139. The van der Waals surface area contributed by atoms with E-state index >= 15 is 0 Å². The van der Waals surface area contributed by atoms with Crippen LogP contribution in [0, 0.1) is 17.7 Å². The standard InChI is InChI=1S/C26H36FN/c1-3-5-9-22-10-6-7-11-23(22)15-12-20-13-16-24(25(27)18-20)26-17-14-21(8-4-2)19-28-26/h13-14,16-19,22-23H,3-12,15H2,1-2H3/t22-,23+/m1/s1. The normalized spacial score (nSPS) is 19.7. The molecule has 0 radical (unpaired) electrons. The maximum Gasteiger partial charge on any atom is 0.132 e. The third-order valence-corrected chi connectivity index (χ3v) is 6.47. The van der Waals surface area contributed by atoms with Crippen LogP contribution in [0.15, 0.2) is 36.5 Å². The summed E-state index contributed by atoms with van der Waals surface area (Å²) in [4.78, 5) is 4.48. The van der Waals surface area contributed by atoms with Crippen molar-refractivity contribution in [3.63, 3.8) is 0 Å². The van der Waals surface area contributed by atoms with Crippen molar-refractivity contribution >= 4 is 0 Å². The van der Waals surface area contributed by atoms with E-state index in [9.17, 15) is 4.39 Å². The Morgan fingerprint density at radius 2 is 1.64 bits per heavy atom. The first kappa shape index (κ1) is 21.0. The maximum absolute atomic E-state index is 14.8. The summed E-state index contributed by atoms with van der Waals surface area (Å²) in [5, 5.41) is 0. The van der Waals surface area contributed by atoms with E-state index < -0.39 is 0 Å². The van der Waals surface area contributed by atoms with Crippen LogP contribution < -0.4 is 0 Å². The molecule has 28 heavy (non-hydrogen) atoms. The van der Waals surface area contributed by atoms with Gasteiger partial charge in [0.15, 0.2) is 0 Å². The third kappa shape index (κ3) is 5.65. The Hall–Kier alpha value is -1.70. The lowest BCUT2D eigenvalue weighted by molar-refractivity contribution is 0.208. The van der Waals surface area contributed by atoms with Crippen molar-refractivity contribution in [1.29, 1.82) is 0 Å². The molecule has 0 saturated heterocycles. The first-order valence-electron chi connectivity index (χ1n) is 11.4. The van der Waals surface area contributed by atoms with Crippen LogP contribution in [0.1, 0.15) is 82.8 Å². The fourth-order valence-corrected chi connectivity index (χ4v) is 4.81. The van der Waals surface area contributed by atoms with Crippen LogP contribution in [0.3, 0.4) is 0 Å².